The molecule has 0 saturated carbocycles. The van der Waals surface area contributed by atoms with Gasteiger partial charge < -0.3 is 10.4 Å². The van der Waals surface area contributed by atoms with Gasteiger partial charge in [-0.25, -0.2) is 9.45 Å². The summed E-state index contributed by atoms with van der Waals surface area (Å²) in [6.45, 7) is 1.72. The third-order valence-corrected chi connectivity index (χ3v) is 5.15. The number of aromatic nitrogens is 1. The number of hydrogen-bond acceptors (Lipinski definition) is 5. The van der Waals surface area contributed by atoms with Crippen LogP contribution < -0.4 is 10.9 Å². The molecule has 0 spiro atoms. The van der Waals surface area contributed by atoms with Crippen LogP contribution in [0, 0.1) is 16.3 Å². The maximum atomic E-state index is 14.3. The van der Waals surface area contributed by atoms with Crippen LogP contribution in [0.2, 0.25) is 0 Å². The predicted octanol–water partition coefficient (Wildman–Crippen LogP) is 2.10. The molecule has 1 aromatic carbocycles. The number of halogens is 2. The smallest absolute Gasteiger partial charge is 0.281 e. The number of anilines is 2. The molecule has 0 radical (unpaired) electrons. The zero-order chi connectivity index (χ0) is 19.7. The van der Waals surface area contributed by atoms with Crippen molar-refractivity contribution in [3.63, 3.8) is 0 Å². The number of aliphatic hydroxyl groups is 1. The molecule has 0 atom stereocenters. The van der Waals surface area contributed by atoms with Crippen LogP contribution in [0.25, 0.3) is 0 Å². The van der Waals surface area contributed by atoms with Gasteiger partial charge in [-0.05, 0) is 59.7 Å². The van der Waals surface area contributed by atoms with Crippen molar-refractivity contribution >= 4 is 40.0 Å². The number of nitrogens with zero attached hydrogens (tertiary/aromatic N) is 2. The second-order valence-electron chi connectivity index (χ2n) is 6.15. The lowest BCUT2D eigenvalue weighted by Gasteiger charge is -2.30. The van der Waals surface area contributed by atoms with E-state index in [4.69, 9.17) is 9.94 Å². The number of amides is 1. The van der Waals surface area contributed by atoms with Crippen LogP contribution in [0.4, 0.5) is 15.9 Å². The van der Waals surface area contributed by atoms with Gasteiger partial charge >= 0.3 is 0 Å². The molecular weight excluding hydrogens is 468 g/mol. The van der Waals surface area contributed by atoms with Gasteiger partial charge in [0.1, 0.15) is 11.6 Å². The fraction of sp³-hybridized carbons (Fsp3) is 0.333. The maximum Gasteiger partial charge on any atom is 0.281 e. The van der Waals surface area contributed by atoms with Crippen LogP contribution in [0.1, 0.15) is 21.5 Å². The Labute approximate surface area is 168 Å². The maximum absolute atomic E-state index is 14.3. The first kappa shape index (κ1) is 19.8. The molecular formula is C18H19FIN3O4. The minimum Gasteiger partial charge on any atom is -0.394 e. The number of pyridine rings is 1. The standard InChI is InChI=1S/C18H19FIN3O4/c1-10-12-5-6-23(27-8-7-24)18(26)15(12)16(22(2)17(10)25)21-14-4-3-11(20)9-13(14)19/h3-4,9,21,24H,5-8H2,1-2H3. The van der Waals surface area contributed by atoms with Crippen molar-refractivity contribution in [2.45, 2.75) is 13.3 Å². The summed E-state index contributed by atoms with van der Waals surface area (Å²) < 4.78 is 16.4. The summed E-state index contributed by atoms with van der Waals surface area (Å²) in [6.07, 6.45) is 0.429. The second kappa shape index (κ2) is 7.95. The number of carbonyl (C=O) groups excluding carboxylic acids is 1. The molecule has 144 valence electrons. The molecule has 2 N–H and O–H groups in total. The molecule has 1 aromatic heterocycles. The third kappa shape index (κ3) is 3.71. The Kier molecular flexibility index (Phi) is 5.82. The molecule has 1 aliphatic rings. The summed E-state index contributed by atoms with van der Waals surface area (Å²) in [6, 6.07) is 4.64. The fourth-order valence-electron chi connectivity index (χ4n) is 3.10. The van der Waals surface area contributed by atoms with Crippen LogP contribution in [0.3, 0.4) is 0 Å². The highest BCUT2D eigenvalue weighted by atomic mass is 127. The van der Waals surface area contributed by atoms with Gasteiger partial charge in [0, 0.05) is 16.2 Å². The Morgan fingerprint density at radius 3 is 2.78 bits per heavy atom. The first-order chi connectivity index (χ1) is 12.8. The molecule has 27 heavy (non-hydrogen) atoms. The Bertz CT molecular complexity index is 961. The minimum atomic E-state index is -0.486. The van der Waals surface area contributed by atoms with Gasteiger partial charge in [-0.1, -0.05) is 0 Å². The van der Waals surface area contributed by atoms with E-state index in [0.717, 1.165) is 8.63 Å². The number of rotatable bonds is 5. The molecule has 0 bridgehead atoms. The Morgan fingerprint density at radius 2 is 2.11 bits per heavy atom. The minimum absolute atomic E-state index is 0.0136. The molecule has 0 unspecified atom stereocenters. The Hall–Kier alpha value is -1.98. The largest absolute Gasteiger partial charge is 0.394 e. The summed E-state index contributed by atoms with van der Waals surface area (Å²) in [5, 5.41) is 13.0. The van der Waals surface area contributed by atoms with E-state index >= 15 is 0 Å². The van der Waals surface area contributed by atoms with E-state index in [1.165, 1.54) is 17.7 Å². The number of carbonyl (C=O) groups is 1. The summed E-state index contributed by atoms with van der Waals surface area (Å²) in [4.78, 5) is 30.8. The lowest BCUT2D eigenvalue weighted by Crippen LogP contribution is -2.41. The van der Waals surface area contributed by atoms with Crippen molar-refractivity contribution in [1.29, 1.82) is 0 Å². The van der Waals surface area contributed by atoms with E-state index in [2.05, 4.69) is 5.32 Å². The van der Waals surface area contributed by atoms with E-state index in [9.17, 15) is 14.0 Å². The second-order valence-corrected chi connectivity index (χ2v) is 7.40. The van der Waals surface area contributed by atoms with Crippen LogP contribution in [0.5, 0.6) is 0 Å². The van der Waals surface area contributed by atoms with E-state index in [1.807, 2.05) is 22.6 Å². The highest BCUT2D eigenvalue weighted by molar-refractivity contribution is 14.1. The monoisotopic (exact) mass is 487 g/mol. The normalized spacial score (nSPS) is 13.7. The van der Waals surface area contributed by atoms with Crippen molar-refractivity contribution in [1.82, 2.24) is 9.63 Å². The van der Waals surface area contributed by atoms with E-state index in [-0.39, 0.29) is 42.4 Å². The van der Waals surface area contributed by atoms with Crippen molar-refractivity contribution in [2.75, 3.05) is 25.1 Å². The van der Waals surface area contributed by atoms with Gasteiger partial charge in [0.05, 0.1) is 31.0 Å². The average Bonchev–Trinajstić information content (AvgIpc) is 2.64. The predicted molar refractivity (Wildman–Crippen MR) is 107 cm³/mol. The molecule has 1 amide bonds. The SMILES string of the molecule is Cc1c2c(c(Nc3ccc(I)cc3F)n(C)c1=O)C(=O)N(OCCO)CC2. The van der Waals surface area contributed by atoms with Gasteiger partial charge in [0.15, 0.2) is 0 Å². The number of benzene rings is 1. The number of fused-ring (bicyclic) bond motifs is 1. The third-order valence-electron chi connectivity index (χ3n) is 4.48. The average molecular weight is 487 g/mol. The number of hydroxylamine groups is 2. The zero-order valence-electron chi connectivity index (χ0n) is 14.9. The Morgan fingerprint density at radius 1 is 1.37 bits per heavy atom. The molecule has 1 aliphatic heterocycles. The summed E-state index contributed by atoms with van der Waals surface area (Å²) in [7, 11) is 1.53. The lowest BCUT2D eigenvalue weighted by molar-refractivity contribution is -0.132. The van der Waals surface area contributed by atoms with Crippen LogP contribution in [-0.2, 0) is 18.3 Å². The van der Waals surface area contributed by atoms with Gasteiger partial charge in [-0.3, -0.25) is 19.0 Å². The first-order valence-electron chi connectivity index (χ1n) is 8.35. The number of hydrogen-bond donors (Lipinski definition) is 2. The quantitative estimate of drug-likeness (QED) is 0.632. The zero-order valence-corrected chi connectivity index (χ0v) is 17.0. The summed E-state index contributed by atoms with van der Waals surface area (Å²) in [5.74, 6) is -0.708. The summed E-state index contributed by atoms with van der Waals surface area (Å²) in [5.41, 5.74) is 1.30. The highest BCUT2D eigenvalue weighted by Gasteiger charge is 2.32. The van der Waals surface area contributed by atoms with Crippen LogP contribution in [0.15, 0.2) is 23.0 Å². The van der Waals surface area contributed by atoms with Crippen molar-refractivity contribution < 1.29 is 19.1 Å². The van der Waals surface area contributed by atoms with E-state index in [1.54, 1.807) is 19.1 Å². The highest BCUT2D eigenvalue weighted by Crippen LogP contribution is 2.30. The first-order valence-corrected chi connectivity index (χ1v) is 9.43. The molecule has 7 nitrogen and oxygen atoms in total. The molecule has 2 heterocycles. The van der Waals surface area contributed by atoms with Gasteiger partial charge in [-0.2, -0.15) is 0 Å². The Balaban J connectivity index is 2.12. The van der Waals surface area contributed by atoms with Gasteiger partial charge in [-0.15, -0.1) is 0 Å². The van der Waals surface area contributed by atoms with Crippen LogP contribution in [-0.4, -0.2) is 40.4 Å². The van der Waals surface area contributed by atoms with Crippen molar-refractivity contribution in [3.8, 4) is 0 Å². The molecule has 3 rings (SSSR count). The molecule has 9 heteroatoms. The van der Waals surface area contributed by atoms with Gasteiger partial charge in [0.25, 0.3) is 11.5 Å². The molecule has 2 aromatic rings. The summed E-state index contributed by atoms with van der Waals surface area (Å²) >= 11 is 2.00. The number of nitrogens with one attached hydrogen (secondary N) is 1. The fourth-order valence-corrected chi connectivity index (χ4v) is 3.55. The topological polar surface area (TPSA) is 83.8 Å². The van der Waals surface area contributed by atoms with Crippen molar-refractivity contribution in [3.05, 3.63) is 54.6 Å². The van der Waals surface area contributed by atoms with Gasteiger partial charge in [0.2, 0.25) is 0 Å². The van der Waals surface area contributed by atoms with Crippen LogP contribution >= 0.6 is 22.6 Å². The lowest BCUT2D eigenvalue weighted by atomic mass is 9.96. The number of aliphatic hydroxyl groups excluding tert-OH is 1. The van der Waals surface area contributed by atoms with E-state index in [0.29, 0.717) is 17.5 Å². The molecule has 0 aliphatic carbocycles. The molecule has 0 saturated heterocycles. The molecule has 0 fully saturated rings. The van der Waals surface area contributed by atoms with E-state index < -0.39 is 11.7 Å². The van der Waals surface area contributed by atoms with Crippen molar-refractivity contribution in [2.24, 2.45) is 7.05 Å².